The first-order chi connectivity index (χ1) is 18.6. The summed E-state index contributed by atoms with van der Waals surface area (Å²) in [5.41, 5.74) is 0.371. The molecule has 1 unspecified atom stereocenters. The van der Waals surface area contributed by atoms with Crippen molar-refractivity contribution in [2.45, 2.75) is 45.8 Å². The van der Waals surface area contributed by atoms with Crippen LogP contribution in [0.15, 0.2) is 72.8 Å². The van der Waals surface area contributed by atoms with Crippen molar-refractivity contribution in [3.8, 4) is 11.5 Å². The maximum atomic E-state index is 13.7. The Hall–Kier alpha value is -3.27. The minimum Gasteiger partial charge on any atom is -0.457 e. The lowest BCUT2D eigenvalue weighted by molar-refractivity contribution is -0.140. The lowest BCUT2D eigenvalue weighted by Crippen LogP contribution is -2.54. The average molecular weight is 607 g/mol. The molecule has 40 heavy (non-hydrogen) atoms. The van der Waals surface area contributed by atoms with Gasteiger partial charge in [0.25, 0.3) is 0 Å². The summed E-state index contributed by atoms with van der Waals surface area (Å²) < 4.78 is 32.4. The Kier molecular flexibility index (Phi) is 10.1. The highest BCUT2D eigenvalue weighted by Crippen LogP contribution is 2.27. The zero-order valence-corrected chi connectivity index (χ0v) is 25.3. The first-order valence-corrected chi connectivity index (χ1v) is 15.1. The Bertz CT molecular complexity index is 1440. The van der Waals surface area contributed by atoms with Gasteiger partial charge in [0.15, 0.2) is 0 Å². The van der Waals surface area contributed by atoms with E-state index in [0.29, 0.717) is 27.1 Å². The predicted molar refractivity (Wildman–Crippen MR) is 160 cm³/mol. The molecular formula is C29H33Cl2N3O5S. The Morgan fingerprint density at radius 3 is 2.08 bits per heavy atom. The van der Waals surface area contributed by atoms with Crippen LogP contribution in [0.2, 0.25) is 10.0 Å². The van der Waals surface area contributed by atoms with E-state index in [1.807, 2.05) is 39.0 Å². The SMILES string of the molecule is CC(C(=O)NC(C)(C)C)N(Cc1ccc(Cl)c(Cl)c1)C(=O)CN(c1ccc(Oc2ccccc2)cc1)S(C)(=O)=O. The predicted octanol–water partition coefficient (Wildman–Crippen LogP) is 5.88. The molecule has 2 amide bonds. The lowest BCUT2D eigenvalue weighted by atomic mass is 10.1. The van der Waals surface area contributed by atoms with Gasteiger partial charge < -0.3 is 15.0 Å². The van der Waals surface area contributed by atoms with Crippen molar-refractivity contribution in [1.29, 1.82) is 0 Å². The van der Waals surface area contributed by atoms with Gasteiger partial charge in [0, 0.05) is 12.1 Å². The molecule has 0 aromatic heterocycles. The lowest BCUT2D eigenvalue weighted by Gasteiger charge is -2.33. The van der Waals surface area contributed by atoms with E-state index in [1.54, 1.807) is 61.5 Å². The molecular weight excluding hydrogens is 573 g/mol. The van der Waals surface area contributed by atoms with Crippen LogP contribution in [-0.4, -0.2) is 49.5 Å². The topological polar surface area (TPSA) is 96.0 Å². The number of carbonyl (C=O) groups excluding carboxylic acids is 2. The maximum Gasteiger partial charge on any atom is 0.244 e. The smallest absolute Gasteiger partial charge is 0.244 e. The highest BCUT2D eigenvalue weighted by molar-refractivity contribution is 7.92. The number of benzene rings is 3. The standard InChI is InChI=1S/C29H33Cl2N3O5S/c1-20(28(36)32-29(2,3)4)33(18-21-11-16-25(30)26(31)17-21)27(35)19-34(40(5,37)38)22-12-14-24(15-13-22)39-23-9-7-6-8-10-23/h6-17,20H,18-19H2,1-5H3,(H,32,36). The molecule has 3 rings (SSSR count). The van der Waals surface area contributed by atoms with Crippen molar-refractivity contribution in [3.05, 3.63) is 88.4 Å². The van der Waals surface area contributed by atoms with Crippen molar-refractivity contribution in [2.24, 2.45) is 0 Å². The normalized spacial score (nSPS) is 12.4. The van der Waals surface area contributed by atoms with Crippen LogP contribution in [0.5, 0.6) is 11.5 Å². The van der Waals surface area contributed by atoms with E-state index >= 15 is 0 Å². The second-order valence-corrected chi connectivity index (χ2v) is 13.1. The van der Waals surface area contributed by atoms with Gasteiger partial charge in [0.2, 0.25) is 21.8 Å². The van der Waals surface area contributed by atoms with Gasteiger partial charge in [0.05, 0.1) is 22.0 Å². The summed E-state index contributed by atoms with van der Waals surface area (Å²) in [5.74, 6) is 0.182. The second kappa shape index (κ2) is 12.9. The van der Waals surface area contributed by atoms with E-state index in [9.17, 15) is 18.0 Å². The molecule has 3 aromatic rings. The van der Waals surface area contributed by atoms with E-state index in [1.165, 1.54) is 4.90 Å². The molecule has 0 heterocycles. The number of amides is 2. The molecule has 11 heteroatoms. The van der Waals surface area contributed by atoms with Gasteiger partial charge in [-0.1, -0.05) is 47.5 Å². The van der Waals surface area contributed by atoms with Crippen LogP contribution in [0.1, 0.15) is 33.3 Å². The van der Waals surface area contributed by atoms with Crippen LogP contribution < -0.4 is 14.4 Å². The number of ether oxygens (including phenoxy) is 1. The van der Waals surface area contributed by atoms with E-state index in [4.69, 9.17) is 27.9 Å². The van der Waals surface area contributed by atoms with Gasteiger partial charge >= 0.3 is 0 Å². The van der Waals surface area contributed by atoms with Crippen LogP contribution in [0.3, 0.4) is 0 Å². The van der Waals surface area contributed by atoms with Crippen LogP contribution in [0.25, 0.3) is 0 Å². The number of halogens is 2. The number of nitrogens with zero attached hydrogens (tertiary/aromatic N) is 2. The first kappa shape index (κ1) is 31.3. The number of sulfonamides is 1. The fourth-order valence-corrected chi connectivity index (χ4v) is 4.98. The largest absolute Gasteiger partial charge is 0.457 e. The molecule has 8 nitrogen and oxygen atoms in total. The second-order valence-electron chi connectivity index (χ2n) is 10.4. The minimum atomic E-state index is -3.87. The minimum absolute atomic E-state index is 0.00983. The molecule has 214 valence electrons. The number of hydrogen-bond donors (Lipinski definition) is 1. The van der Waals surface area contributed by atoms with Gasteiger partial charge in [-0.2, -0.15) is 0 Å². The zero-order valence-electron chi connectivity index (χ0n) is 23.0. The van der Waals surface area contributed by atoms with Crippen LogP contribution in [0.4, 0.5) is 5.69 Å². The first-order valence-electron chi connectivity index (χ1n) is 12.5. The van der Waals surface area contributed by atoms with Crippen molar-refractivity contribution in [1.82, 2.24) is 10.2 Å². The Morgan fingerprint density at radius 1 is 0.925 bits per heavy atom. The van der Waals surface area contributed by atoms with Gasteiger partial charge in [-0.3, -0.25) is 13.9 Å². The van der Waals surface area contributed by atoms with E-state index in [2.05, 4.69) is 5.32 Å². The molecule has 0 saturated carbocycles. The molecule has 0 aliphatic heterocycles. The summed E-state index contributed by atoms with van der Waals surface area (Å²) >= 11 is 12.2. The summed E-state index contributed by atoms with van der Waals surface area (Å²) in [6.45, 7) is 6.58. The van der Waals surface area contributed by atoms with Crippen molar-refractivity contribution >= 4 is 50.7 Å². The summed E-state index contributed by atoms with van der Waals surface area (Å²) in [5, 5.41) is 3.53. The van der Waals surface area contributed by atoms with Crippen molar-refractivity contribution in [2.75, 3.05) is 17.1 Å². The molecule has 0 aliphatic carbocycles. The third-order valence-electron chi connectivity index (χ3n) is 5.79. The molecule has 1 N–H and O–H groups in total. The van der Waals surface area contributed by atoms with Gasteiger partial charge in [-0.05, 0) is 81.8 Å². The molecule has 0 fully saturated rings. The molecule has 0 bridgehead atoms. The quantitative estimate of drug-likeness (QED) is 0.311. The van der Waals surface area contributed by atoms with Crippen LogP contribution in [-0.2, 0) is 26.2 Å². The summed E-state index contributed by atoms with van der Waals surface area (Å²) in [6, 6.07) is 19.5. The van der Waals surface area contributed by atoms with Gasteiger partial charge in [0.1, 0.15) is 24.1 Å². The highest BCUT2D eigenvalue weighted by atomic mass is 35.5. The molecule has 0 aliphatic rings. The van der Waals surface area contributed by atoms with Gasteiger partial charge in [-0.25, -0.2) is 8.42 Å². The fraction of sp³-hybridized carbons (Fsp3) is 0.310. The third-order valence-corrected chi connectivity index (χ3v) is 7.66. The highest BCUT2D eigenvalue weighted by Gasteiger charge is 2.31. The Balaban J connectivity index is 1.89. The number of anilines is 1. The van der Waals surface area contributed by atoms with Gasteiger partial charge in [-0.15, -0.1) is 0 Å². The van der Waals surface area contributed by atoms with E-state index < -0.39 is 34.1 Å². The van der Waals surface area contributed by atoms with Crippen LogP contribution >= 0.6 is 23.2 Å². The number of hydrogen-bond acceptors (Lipinski definition) is 5. The Labute approximate surface area is 245 Å². The molecule has 1 atom stereocenters. The monoisotopic (exact) mass is 605 g/mol. The number of nitrogens with one attached hydrogen (secondary N) is 1. The summed E-state index contributed by atoms with van der Waals surface area (Å²) in [7, 11) is -3.87. The van der Waals surface area contributed by atoms with E-state index in [0.717, 1.165) is 10.6 Å². The van der Waals surface area contributed by atoms with Crippen molar-refractivity contribution < 1.29 is 22.7 Å². The fourth-order valence-electron chi connectivity index (χ4n) is 3.81. The van der Waals surface area contributed by atoms with Crippen molar-refractivity contribution in [3.63, 3.8) is 0 Å². The van der Waals surface area contributed by atoms with Crippen LogP contribution in [0, 0.1) is 0 Å². The molecule has 0 saturated heterocycles. The summed E-state index contributed by atoms with van der Waals surface area (Å²) in [6.07, 6.45) is 1.02. The number of carbonyl (C=O) groups is 2. The Morgan fingerprint density at radius 2 is 1.52 bits per heavy atom. The molecule has 0 spiro atoms. The summed E-state index contributed by atoms with van der Waals surface area (Å²) in [4.78, 5) is 28.1. The zero-order chi connectivity index (χ0) is 29.7. The van der Waals surface area contributed by atoms with E-state index in [-0.39, 0.29) is 18.1 Å². The maximum absolute atomic E-state index is 13.7. The number of rotatable bonds is 10. The number of para-hydroxylation sites is 1. The molecule has 0 radical (unpaired) electrons. The average Bonchev–Trinajstić information content (AvgIpc) is 2.87. The molecule has 3 aromatic carbocycles. The third kappa shape index (κ3) is 8.87.